The van der Waals surface area contributed by atoms with Gasteiger partial charge in [-0.1, -0.05) is 49.4 Å². The third-order valence-corrected chi connectivity index (χ3v) is 5.72. The lowest BCUT2D eigenvalue weighted by Crippen LogP contribution is -2.22. The Balaban J connectivity index is 2.76. The molecule has 1 aliphatic rings. The Kier molecular flexibility index (Phi) is 1.75. The smallest absolute Gasteiger partial charge is 0.0968 e. The van der Waals surface area contributed by atoms with Gasteiger partial charge >= 0.3 is 0 Å². The first-order valence-electron chi connectivity index (χ1n) is 3.35. The summed E-state index contributed by atoms with van der Waals surface area (Å²) in [5, 5.41) is 0. The first kappa shape index (κ1) is 8.63. The monoisotopic (exact) mass is 194 g/mol. The number of rotatable bonds is 1. The highest BCUT2D eigenvalue weighted by molar-refractivity contribution is 6.84. The van der Waals surface area contributed by atoms with Crippen LogP contribution in [-0.4, -0.2) is 12.4 Å². The normalized spacial score (nSPS) is 30.5. The Hall–Kier alpha value is 0.537. The minimum absolute atomic E-state index is 0.406. The van der Waals surface area contributed by atoms with Gasteiger partial charge in [-0.2, -0.15) is 0 Å². The van der Waals surface area contributed by atoms with E-state index < -0.39 is 12.4 Å². The predicted molar refractivity (Wildman–Crippen MR) is 50.7 cm³/mol. The molecular formula is C7H12Cl2Si. The summed E-state index contributed by atoms with van der Waals surface area (Å²) in [5.41, 5.74) is 1.43. The third-order valence-electron chi connectivity index (χ3n) is 1.92. The Morgan fingerprint density at radius 1 is 1.40 bits per heavy atom. The average molecular weight is 195 g/mol. The zero-order valence-electron chi connectivity index (χ0n) is 6.54. The lowest BCUT2D eigenvalue weighted by Gasteiger charge is -2.14. The van der Waals surface area contributed by atoms with Gasteiger partial charge in [-0.3, -0.25) is 0 Å². The fourth-order valence-corrected chi connectivity index (χ4v) is 6.38. The molecule has 0 aromatic heterocycles. The molecule has 1 fully saturated rings. The van der Waals surface area contributed by atoms with E-state index in [1.165, 1.54) is 0 Å². The second-order valence-corrected chi connectivity index (χ2v) is 10.6. The van der Waals surface area contributed by atoms with Crippen molar-refractivity contribution in [2.45, 2.75) is 29.5 Å². The van der Waals surface area contributed by atoms with Crippen molar-refractivity contribution < 1.29 is 0 Å². The molecule has 0 aromatic rings. The van der Waals surface area contributed by atoms with Crippen molar-refractivity contribution in [1.29, 1.82) is 0 Å². The molecule has 3 heteroatoms. The molecule has 0 bridgehead atoms. The van der Waals surface area contributed by atoms with Crippen LogP contribution in [0, 0.1) is 0 Å². The van der Waals surface area contributed by atoms with E-state index in [0.717, 1.165) is 5.57 Å². The molecule has 0 saturated heterocycles. The summed E-state index contributed by atoms with van der Waals surface area (Å²) in [4.78, 5) is 0. The van der Waals surface area contributed by atoms with E-state index in [4.69, 9.17) is 23.2 Å². The van der Waals surface area contributed by atoms with Crippen LogP contribution in [0.4, 0.5) is 0 Å². The van der Waals surface area contributed by atoms with Crippen molar-refractivity contribution in [2.75, 3.05) is 0 Å². The molecule has 1 saturated carbocycles. The molecule has 0 N–H and O–H groups in total. The van der Waals surface area contributed by atoms with Crippen LogP contribution in [-0.2, 0) is 0 Å². The van der Waals surface area contributed by atoms with Crippen LogP contribution in [0.3, 0.4) is 0 Å². The van der Waals surface area contributed by atoms with Crippen LogP contribution in [0.1, 0.15) is 0 Å². The van der Waals surface area contributed by atoms with E-state index >= 15 is 0 Å². The van der Waals surface area contributed by atoms with Gasteiger partial charge in [0.15, 0.2) is 0 Å². The molecule has 10 heavy (non-hydrogen) atoms. The molecule has 0 aliphatic heterocycles. The molecule has 1 unspecified atom stereocenters. The van der Waals surface area contributed by atoms with Gasteiger partial charge in [0.05, 0.1) is 8.07 Å². The molecule has 0 spiro atoms. The molecular weight excluding hydrogens is 183 g/mol. The SMILES string of the molecule is C=C1C([Si](C)(C)C)C1(Cl)Cl. The summed E-state index contributed by atoms with van der Waals surface area (Å²) >= 11 is 11.9. The minimum atomic E-state index is -1.19. The van der Waals surface area contributed by atoms with Crippen LogP contribution in [0.15, 0.2) is 12.2 Å². The summed E-state index contributed by atoms with van der Waals surface area (Å²) < 4.78 is -0.579. The van der Waals surface area contributed by atoms with E-state index in [-0.39, 0.29) is 0 Å². The summed E-state index contributed by atoms with van der Waals surface area (Å²) in [5.74, 6) is 0. The second kappa shape index (κ2) is 2.02. The molecule has 1 atom stereocenters. The molecule has 0 nitrogen and oxygen atoms in total. The summed E-state index contributed by atoms with van der Waals surface area (Å²) in [6.07, 6.45) is 0. The van der Waals surface area contributed by atoms with Gasteiger partial charge in [0.25, 0.3) is 0 Å². The van der Waals surface area contributed by atoms with Gasteiger partial charge in [-0.25, -0.2) is 0 Å². The van der Waals surface area contributed by atoms with E-state index in [2.05, 4.69) is 26.2 Å². The largest absolute Gasteiger partial charge is 0.143 e. The molecule has 0 aromatic carbocycles. The van der Waals surface area contributed by atoms with E-state index in [1.807, 2.05) is 0 Å². The highest BCUT2D eigenvalue weighted by Crippen LogP contribution is 2.66. The van der Waals surface area contributed by atoms with E-state index in [0.29, 0.717) is 5.54 Å². The molecule has 58 valence electrons. The topological polar surface area (TPSA) is 0 Å². The lowest BCUT2D eigenvalue weighted by atomic mass is 10.7. The van der Waals surface area contributed by atoms with Crippen molar-refractivity contribution in [3.63, 3.8) is 0 Å². The fourth-order valence-electron chi connectivity index (χ4n) is 1.40. The van der Waals surface area contributed by atoms with E-state index in [9.17, 15) is 0 Å². The Morgan fingerprint density at radius 3 is 1.70 bits per heavy atom. The maximum absolute atomic E-state index is 5.94. The highest BCUT2D eigenvalue weighted by atomic mass is 35.5. The van der Waals surface area contributed by atoms with Gasteiger partial charge < -0.3 is 0 Å². The van der Waals surface area contributed by atoms with Gasteiger partial charge in [-0.05, 0) is 5.57 Å². The standard InChI is InChI=1S/C7H12Cl2Si/c1-5-6(7(5,8)9)10(2,3)4/h6H,1H2,2-4H3. The third kappa shape index (κ3) is 1.15. The van der Waals surface area contributed by atoms with Gasteiger partial charge in [0, 0.05) is 5.54 Å². The summed E-state index contributed by atoms with van der Waals surface area (Å²) in [7, 11) is -1.19. The van der Waals surface area contributed by atoms with Crippen molar-refractivity contribution in [3.05, 3.63) is 12.2 Å². The summed E-state index contributed by atoms with van der Waals surface area (Å²) in [6.45, 7) is 10.6. The Bertz CT molecular complexity index is 179. The van der Waals surface area contributed by atoms with Crippen molar-refractivity contribution >= 4 is 31.3 Å². The Morgan fingerprint density at radius 2 is 1.70 bits per heavy atom. The minimum Gasteiger partial charge on any atom is -0.0968 e. The first-order valence-corrected chi connectivity index (χ1v) is 7.68. The molecule has 1 aliphatic carbocycles. The molecule has 1 rings (SSSR count). The van der Waals surface area contributed by atoms with Crippen molar-refractivity contribution in [3.8, 4) is 0 Å². The highest BCUT2D eigenvalue weighted by Gasteiger charge is 2.61. The van der Waals surface area contributed by atoms with Crippen LogP contribution in [0.25, 0.3) is 0 Å². The van der Waals surface area contributed by atoms with Crippen LogP contribution in [0.5, 0.6) is 0 Å². The number of hydrogen-bond acceptors (Lipinski definition) is 0. The zero-order chi connectivity index (χ0) is 8.15. The second-order valence-electron chi connectivity index (χ2n) is 3.95. The fraction of sp³-hybridized carbons (Fsp3) is 0.714. The summed E-state index contributed by atoms with van der Waals surface area (Å²) in [6, 6.07) is 0. The zero-order valence-corrected chi connectivity index (χ0v) is 9.05. The molecule has 0 radical (unpaired) electrons. The van der Waals surface area contributed by atoms with Gasteiger partial charge in [0.2, 0.25) is 0 Å². The van der Waals surface area contributed by atoms with Gasteiger partial charge in [0.1, 0.15) is 4.33 Å². The maximum atomic E-state index is 5.94. The Labute approximate surface area is 73.2 Å². The molecule has 0 heterocycles. The number of alkyl halides is 2. The first-order chi connectivity index (χ1) is 4.28. The molecule has 0 amide bonds. The van der Waals surface area contributed by atoms with E-state index in [1.54, 1.807) is 0 Å². The van der Waals surface area contributed by atoms with Crippen molar-refractivity contribution in [2.24, 2.45) is 0 Å². The van der Waals surface area contributed by atoms with Crippen LogP contribution >= 0.6 is 23.2 Å². The van der Waals surface area contributed by atoms with Crippen LogP contribution < -0.4 is 0 Å². The van der Waals surface area contributed by atoms with Crippen LogP contribution in [0.2, 0.25) is 25.2 Å². The number of hydrogen-bond donors (Lipinski definition) is 0. The average Bonchev–Trinajstić information content (AvgIpc) is 2.03. The number of allylic oxidation sites excluding steroid dienone is 1. The quantitative estimate of drug-likeness (QED) is 0.341. The lowest BCUT2D eigenvalue weighted by molar-refractivity contribution is 1.28. The van der Waals surface area contributed by atoms with Crippen molar-refractivity contribution in [1.82, 2.24) is 0 Å². The number of halogens is 2. The maximum Gasteiger partial charge on any atom is 0.143 e. The predicted octanol–water partition coefficient (Wildman–Crippen LogP) is 3.44. The van der Waals surface area contributed by atoms with Gasteiger partial charge in [-0.15, -0.1) is 0 Å².